The molecule has 2 aliphatic rings. The lowest BCUT2D eigenvalue weighted by molar-refractivity contribution is 0.0341. The number of H-pyrrole nitrogens is 1. The third kappa shape index (κ3) is 3.59. The molecule has 29 heavy (non-hydrogen) atoms. The minimum atomic E-state index is -0.0920. The van der Waals surface area contributed by atoms with Gasteiger partial charge in [-0.1, -0.05) is 23.7 Å². The van der Waals surface area contributed by atoms with Gasteiger partial charge in [0.25, 0.3) is 5.56 Å². The molecule has 3 aromatic rings. The van der Waals surface area contributed by atoms with Gasteiger partial charge >= 0.3 is 0 Å². The number of morpholine rings is 1. The van der Waals surface area contributed by atoms with E-state index in [-0.39, 0.29) is 5.56 Å². The summed E-state index contributed by atoms with van der Waals surface area (Å²) >= 11 is 6.11. The number of nitrogens with zero attached hydrogens (tertiary/aromatic N) is 1. The maximum atomic E-state index is 13.1. The Kier molecular flexibility index (Phi) is 4.91. The molecule has 7 heteroatoms. The monoisotopic (exact) mass is 412 g/mol. The Hall–Kier alpha value is -2.54. The number of hydrogen-bond donors (Lipinski definition) is 1. The van der Waals surface area contributed by atoms with Crippen molar-refractivity contribution in [3.05, 3.63) is 57.3 Å². The predicted octanol–water partition coefficient (Wildman–Crippen LogP) is 3.45. The number of rotatable bonds is 3. The van der Waals surface area contributed by atoms with Crippen LogP contribution in [0.5, 0.6) is 11.5 Å². The zero-order valence-corrected chi connectivity index (χ0v) is 16.6. The molecule has 0 unspecified atom stereocenters. The van der Waals surface area contributed by atoms with Gasteiger partial charge in [0.15, 0.2) is 11.5 Å². The number of benzene rings is 2. The summed E-state index contributed by atoms with van der Waals surface area (Å²) < 4.78 is 16.9. The largest absolute Gasteiger partial charge is 0.486 e. The van der Waals surface area contributed by atoms with E-state index in [4.69, 9.17) is 25.8 Å². The van der Waals surface area contributed by atoms with Crippen LogP contribution in [0.25, 0.3) is 22.0 Å². The van der Waals surface area contributed by atoms with Crippen LogP contribution in [0.1, 0.15) is 5.56 Å². The fraction of sp³-hybridized carbons (Fsp3) is 0.318. The zero-order valence-electron chi connectivity index (χ0n) is 15.9. The molecule has 1 saturated heterocycles. The highest BCUT2D eigenvalue weighted by Crippen LogP contribution is 2.39. The Morgan fingerprint density at radius 1 is 0.966 bits per heavy atom. The second kappa shape index (κ2) is 7.71. The third-order valence-electron chi connectivity index (χ3n) is 5.39. The van der Waals surface area contributed by atoms with Crippen LogP contribution in [0.2, 0.25) is 5.02 Å². The molecule has 0 bridgehead atoms. The van der Waals surface area contributed by atoms with Crippen molar-refractivity contribution in [3.8, 4) is 22.6 Å². The van der Waals surface area contributed by atoms with Gasteiger partial charge in [0, 0.05) is 47.2 Å². The molecular formula is C22H21ClN2O4. The first kappa shape index (κ1) is 18.5. The number of halogens is 1. The Morgan fingerprint density at radius 2 is 1.66 bits per heavy atom. The molecule has 1 aromatic heterocycles. The van der Waals surface area contributed by atoms with E-state index in [0.29, 0.717) is 49.5 Å². The lowest BCUT2D eigenvalue weighted by atomic mass is 9.95. The van der Waals surface area contributed by atoms with Gasteiger partial charge in [-0.2, -0.15) is 0 Å². The van der Waals surface area contributed by atoms with E-state index in [1.165, 1.54) is 0 Å². The van der Waals surface area contributed by atoms with Crippen molar-refractivity contribution in [2.45, 2.75) is 6.54 Å². The minimum Gasteiger partial charge on any atom is -0.486 e. The first-order valence-electron chi connectivity index (χ1n) is 9.73. The molecule has 6 nitrogen and oxygen atoms in total. The smallest absolute Gasteiger partial charge is 0.253 e. The highest BCUT2D eigenvalue weighted by atomic mass is 35.5. The molecule has 5 rings (SSSR count). The summed E-state index contributed by atoms with van der Waals surface area (Å²) in [5.41, 5.74) is 3.23. The van der Waals surface area contributed by atoms with Crippen molar-refractivity contribution < 1.29 is 14.2 Å². The molecule has 1 fully saturated rings. The topological polar surface area (TPSA) is 63.8 Å². The zero-order chi connectivity index (χ0) is 19.8. The highest BCUT2D eigenvalue weighted by Gasteiger charge is 2.21. The minimum absolute atomic E-state index is 0.0920. The third-order valence-corrected chi connectivity index (χ3v) is 5.65. The van der Waals surface area contributed by atoms with Crippen molar-refractivity contribution in [3.63, 3.8) is 0 Å². The summed E-state index contributed by atoms with van der Waals surface area (Å²) in [7, 11) is 0. The quantitative estimate of drug-likeness (QED) is 0.713. The lowest BCUT2D eigenvalue weighted by Crippen LogP contribution is -2.37. The normalized spacial score (nSPS) is 16.9. The summed E-state index contributed by atoms with van der Waals surface area (Å²) in [5, 5.41) is 1.59. The van der Waals surface area contributed by atoms with Crippen LogP contribution in [0.3, 0.4) is 0 Å². The van der Waals surface area contributed by atoms with Gasteiger partial charge in [0.1, 0.15) is 13.2 Å². The van der Waals surface area contributed by atoms with Gasteiger partial charge in [-0.25, -0.2) is 0 Å². The Bertz CT molecular complexity index is 1100. The molecular weight excluding hydrogens is 392 g/mol. The number of ether oxygens (including phenoxy) is 3. The molecule has 2 aromatic carbocycles. The SMILES string of the molecule is O=c1[nH]c2cc3c(cc2c(-c2ccc(Cl)cc2)c1CN1CCOCC1)OCCO3. The van der Waals surface area contributed by atoms with Crippen molar-refractivity contribution in [2.24, 2.45) is 0 Å². The predicted molar refractivity (Wildman–Crippen MR) is 112 cm³/mol. The van der Waals surface area contributed by atoms with Gasteiger partial charge in [0.2, 0.25) is 0 Å². The number of aromatic amines is 1. The standard InChI is InChI=1S/C22H21ClN2O4/c23-15-3-1-14(2-4-15)21-16-11-19-20(29-10-9-28-19)12-18(16)24-22(26)17(21)13-25-5-7-27-8-6-25/h1-4,11-12H,5-10,13H2,(H,24,26). The van der Waals surface area contributed by atoms with Crippen LogP contribution in [0, 0.1) is 0 Å². The second-order valence-corrected chi connectivity index (χ2v) is 7.68. The maximum Gasteiger partial charge on any atom is 0.253 e. The number of hydrogen-bond acceptors (Lipinski definition) is 5. The van der Waals surface area contributed by atoms with Crippen LogP contribution in [0.15, 0.2) is 41.2 Å². The Balaban J connectivity index is 1.73. The van der Waals surface area contributed by atoms with Gasteiger partial charge in [-0.05, 0) is 23.8 Å². The van der Waals surface area contributed by atoms with Gasteiger partial charge in [-0.15, -0.1) is 0 Å². The molecule has 0 spiro atoms. The van der Waals surface area contributed by atoms with Crippen LogP contribution in [0.4, 0.5) is 0 Å². The molecule has 150 valence electrons. The number of pyridine rings is 1. The molecule has 0 aliphatic carbocycles. The summed E-state index contributed by atoms with van der Waals surface area (Å²) in [4.78, 5) is 18.4. The van der Waals surface area contributed by atoms with Gasteiger partial charge in [0.05, 0.1) is 18.7 Å². The molecule has 0 atom stereocenters. The van der Waals surface area contributed by atoms with Gasteiger partial charge < -0.3 is 19.2 Å². The molecule has 0 radical (unpaired) electrons. The molecule has 0 amide bonds. The van der Waals surface area contributed by atoms with Crippen molar-refractivity contribution in [1.82, 2.24) is 9.88 Å². The lowest BCUT2D eigenvalue weighted by Gasteiger charge is -2.27. The van der Waals surface area contributed by atoms with Crippen molar-refractivity contribution in [2.75, 3.05) is 39.5 Å². The van der Waals surface area contributed by atoms with E-state index >= 15 is 0 Å². The second-order valence-electron chi connectivity index (χ2n) is 7.24. The average molecular weight is 413 g/mol. The molecule has 0 saturated carbocycles. The van der Waals surface area contributed by atoms with E-state index in [1.54, 1.807) is 0 Å². The van der Waals surface area contributed by atoms with E-state index < -0.39 is 0 Å². The van der Waals surface area contributed by atoms with Crippen LogP contribution >= 0.6 is 11.6 Å². The van der Waals surface area contributed by atoms with E-state index in [2.05, 4.69) is 9.88 Å². The van der Waals surface area contributed by atoms with E-state index in [0.717, 1.165) is 40.7 Å². The summed E-state index contributed by atoms with van der Waals surface area (Å²) in [6.07, 6.45) is 0. The fourth-order valence-corrected chi connectivity index (χ4v) is 4.08. The summed E-state index contributed by atoms with van der Waals surface area (Å²) in [6, 6.07) is 11.4. The first-order chi connectivity index (χ1) is 14.2. The first-order valence-corrected chi connectivity index (χ1v) is 10.1. The van der Waals surface area contributed by atoms with Gasteiger partial charge in [-0.3, -0.25) is 9.69 Å². The highest BCUT2D eigenvalue weighted by molar-refractivity contribution is 6.30. The molecule has 1 N–H and O–H groups in total. The molecule has 2 aliphatic heterocycles. The fourth-order valence-electron chi connectivity index (χ4n) is 3.95. The number of nitrogens with one attached hydrogen (secondary N) is 1. The number of aromatic nitrogens is 1. The van der Waals surface area contributed by atoms with Crippen molar-refractivity contribution in [1.29, 1.82) is 0 Å². The number of fused-ring (bicyclic) bond motifs is 2. The maximum absolute atomic E-state index is 13.1. The molecule has 3 heterocycles. The summed E-state index contributed by atoms with van der Waals surface area (Å²) in [6.45, 7) is 4.54. The van der Waals surface area contributed by atoms with Crippen LogP contribution < -0.4 is 15.0 Å². The average Bonchev–Trinajstić information content (AvgIpc) is 2.75. The Labute approximate surface area is 172 Å². The van der Waals surface area contributed by atoms with E-state index in [9.17, 15) is 4.79 Å². The summed E-state index contributed by atoms with van der Waals surface area (Å²) in [5.74, 6) is 1.35. The van der Waals surface area contributed by atoms with Crippen LogP contribution in [-0.2, 0) is 11.3 Å². The Morgan fingerprint density at radius 3 is 2.38 bits per heavy atom. The van der Waals surface area contributed by atoms with Crippen LogP contribution in [-0.4, -0.2) is 49.4 Å². The van der Waals surface area contributed by atoms with E-state index in [1.807, 2.05) is 36.4 Å². The van der Waals surface area contributed by atoms with Crippen molar-refractivity contribution >= 4 is 22.5 Å².